The summed E-state index contributed by atoms with van der Waals surface area (Å²) in [6.07, 6.45) is 2.61. The fourth-order valence-electron chi connectivity index (χ4n) is 3.58. The molecule has 178 valence electrons. The standard InChI is InChI=1S/C22H25N7O3S2/c1-11(2)24-7-13(30)8-29-20-18(19(23)26-9-27-20)28-22(29)34-17-5-16-15(31-10-32-16)4-14(17)21-25-6-12(3)33-21/h4-6,9,11,13,24,30H,7-8,10H2,1-3H3,(H2,23,26,27). The number of aromatic nitrogens is 5. The minimum Gasteiger partial charge on any atom is -0.454 e. The number of benzene rings is 1. The van der Waals surface area contributed by atoms with Crippen LogP contribution in [0.3, 0.4) is 0 Å². The number of aliphatic hydroxyl groups excluding tert-OH is 1. The van der Waals surface area contributed by atoms with E-state index in [2.05, 4.69) is 20.3 Å². The molecule has 0 saturated heterocycles. The van der Waals surface area contributed by atoms with E-state index in [4.69, 9.17) is 20.2 Å². The van der Waals surface area contributed by atoms with Gasteiger partial charge in [-0.05, 0) is 19.1 Å². The van der Waals surface area contributed by atoms with Gasteiger partial charge in [-0.1, -0.05) is 25.6 Å². The number of hydrogen-bond donors (Lipinski definition) is 3. The number of anilines is 1. The van der Waals surface area contributed by atoms with Crippen LogP contribution in [-0.4, -0.2) is 55.1 Å². The highest BCUT2D eigenvalue weighted by molar-refractivity contribution is 7.99. The molecular weight excluding hydrogens is 474 g/mol. The SMILES string of the molecule is Cc1cnc(-c2cc3c(cc2Sc2nc4c(N)ncnc4n2CC(O)CNC(C)C)OCO3)s1. The van der Waals surface area contributed by atoms with Crippen molar-refractivity contribution in [2.75, 3.05) is 19.1 Å². The number of aliphatic hydroxyl groups is 1. The third kappa shape index (κ3) is 4.53. The largest absolute Gasteiger partial charge is 0.454 e. The quantitative estimate of drug-likeness (QED) is 0.332. The van der Waals surface area contributed by atoms with Crippen LogP contribution >= 0.6 is 23.1 Å². The van der Waals surface area contributed by atoms with Crippen LogP contribution in [0.15, 0.2) is 34.7 Å². The van der Waals surface area contributed by atoms with Crippen molar-refractivity contribution in [3.05, 3.63) is 29.5 Å². The number of rotatable bonds is 8. The molecule has 1 aromatic carbocycles. The van der Waals surface area contributed by atoms with Crippen LogP contribution in [0.5, 0.6) is 11.5 Å². The molecule has 10 nitrogen and oxygen atoms in total. The van der Waals surface area contributed by atoms with Crippen LogP contribution in [0.1, 0.15) is 18.7 Å². The highest BCUT2D eigenvalue weighted by Crippen LogP contribution is 2.45. The zero-order chi connectivity index (χ0) is 23.8. The summed E-state index contributed by atoms with van der Waals surface area (Å²) in [5.41, 5.74) is 8.10. The van der Waals surface area contributed by atoms with Gasteiger partial charge in [0.1, 0.15) is 11.3 Å². The second kappa shape index (κ2) is 9.37. The number of nitrogens with one attached hydrogen (secondary N) is 1. The molecule has 0 saturated carbocycles. The fraction of sp³-hybridized carbons (Fsp3) is 0.364. The van der Waals surface area contributed by atoms with Crippen molar-refractivity contribution in [3.8, 4) is 22.1 Å². The van der Waals surface area contributed by atoms with Crippen LogP contribution in [-0.2, 0) is 6.54 Å². The number of nitrogens with zero attached hydrogens (tertiary/aromatic N) is 5. The number of fused-ring (bicyclic) bond motifs is 2. The molecular formula is C22H25N7O3S2. The minimum atomic E-state index is -0.645. The van der Waals surface area contributed by atoms with E-state index in [0.717, 1.165) is 20.3 Å². The van der Waals surface area contributed by atoms with Gasteiger partial charge in [0.05, 0.1) is 12.6 Å². The van der Waals surface area contributed by atoms with Crippen LogP contribution in [0.25, 0.3) is 21.7 Å². The van der Waals surface area contributed by atoms with Gasteiger partial charge < -0.3 is 30.2 Å². The van der Waals surface area contributed by atoms with Crippen molar-refractivity contribution in [2.24, 2.45) is 0 Å². The monoisotopic (exact) mass is 499 g/mol. The molecule has 4 aromatic rings. The van der Waals surface area contributed by atoms with E-state index in [0.29, 0.717) is 46.7 Å². The summed E-state index contributed by atoms with van der Waals surface area (Å²) in [7, 11) is 0. The van der Waals surface area contributed by atoms with Crippen molar-refractivity contribution in [2.45, 2.75) is 49.5 Å². The molecule has 4 N–H and O–H groups in total. The first kappa shape index (κ1) is 22.8. The van der Waals surface area contributed by atoms with Crippen molar-refractivity contribution >= 4 is 40.1 Å². The second-order valence-corrected chi connectivity index (χ2v) is 10.5. The third-order valence-electron chi connectivity index (χ3n) is 5.21. The van der Waals surface area contributed by atoms with E-state index in [1.54, 1.807) is 11.3 Å². The summed E-state index contributed by atoms with van der Waals surface area (Å²) in [4.78, 5) is 19.8. The Bertz CT molecular complexity index is 1340. The van der Waals surface area contributed by atoms with E-state index in [1.807, 2.05) is 43.7 Å². The lowest BCUT2D eigenvalue weighted by Crippen LogP contribution is -2.34. The van der Waals surface area contributed by atoms with Crippen molar-refractivity contribution in [3.63, 3.8) is 0 Å². The number of thiazole rings is 1. The van der Waals surface area contributed by atoms with Crippen LogP contribution in [0.2, 0.25) is 0 Å². The summed E-state index contributed by atoms with van der Waals surface area (Å²) in [6, 6.07) is 4.15. The Hall–Kier alpha value is -2.93. The Kier molecular flexibility index (Phi) is 6.30. The lowest BCUT2D eigenvalue weighted by molar-refractivity contribution is 0.147. The molecule has 1 unspecified atom stereocenters. The van der Waals surface area contributed by atoms with Gasteiger partial charge in [-0.15, -0.1) is 11.3 Å². The molecule has 1 aliphatic heterocycles. The molecule has 12 heteroatoms. The van der Waals surface area contributed by atoms with E-state index in [1.165, 1.54) is 18.1 Å². The summed E-state index contributed by atoms with van der Waals surface area (Å²) >= 11 is 3.04. The topological polar surface area (TPSA) is 133 Å². The highest BCUT2D eigenvalue weighted by Gasteiger charge is 2.24. The first-order valence-corrected chi connectivity index (χ1v) is 12.4. The lowest BCUT2D eigenvalue weighted by Gasteiger charge is -2.16. The van der Waals surface area contributed by atoms with E-state index in [9.17, 15) is 5.11 Å². The van der Waals surface area contributed by atoms with Gasteiger partial charge in [0.15, 0.2) is 33.6 Å². The van der Waals surface area contributed by atoms with Gasteiger partial charge >= 0.3 is 0 Å². The van der Waals surface area contributed by atoms with Crippen LogP contribution in [0.4, 0.5) is 5.82 Å². The number of nitrogen functional groups attached to an aromatic ring is 1. The maximum atomic E-state index is 10.7. The molecule has 0 amide bonds. The van der Waals surface area contributed by atoms with Gasteiger partial charge in [-0.2, -0.15) is 0 Å². The Morgan fingerprint density at radius 3 is 2.76 bits per heavy atom. The van der Waals surface area contributed by atoms with Crippen molar-refractivity contribution in [1.29, 1.82) is 0 Å². The molecule has 0 aliphatic carbocycles. The van der Waals surface area contributed by atoms with Gasteiger partial charge in [0, 0.05) is 34.1 Å². The summed E-state index contributed by atoms with van der Waals surface area (Å²) in [6.45, 7) is 7.01. The van der Waals surface area contributed by atoms with E-state index >= 15 is 0 Å². The molecule has 1 aliphatic rings. The Morgan fingerprint density at radius 1 is 1.24 bits per heavy atom. The first-order valence-electron chi connectivity index (χ1n) is 10.8. The summed E-state index contributed by atoms with van der Waals surface area (Å²) < 4.78 is 13.1. The Labute approximate surface area is 204 Å². The molecule has 0 fully saturated rings. The summed E-state index contributed by atoms with van der Waals surface area (Å²) in [5.74, 6) is 1.65. The van der Waals surface area contributed by atoms with Gasteiger partial charge in [-0.3, -0.25) is 0 Å². The summed E-state index contributed by atoms with van der Waals surface area (Å²) in [5, 5.41) is 15.5. The fourth-order valence-corrected chi connectivity index (χ4v) is 5.47. The zero-order valence-corrected chi connectivity index (χ0v) is 20.6. The highest BCUT2D eigenvalue weighted by atomic mass is 32.2. The number of imidazole rings is 1. The molecule has 34 heavy (non-hydrogen) atoms. The average Bonchev–Trinajstić information content (AvgIpc) is 3.52. The smallest absolute Gasteiger partial charge is 0.231 e. The molecule has 3 aromatic heterocycles. The number of hydrogen-bond acceptors (Lipinski definition) is 11. The maximum Gasteiger partial charge on any atom is 0.231 e. The first-order chi connectivity index (χ1) is 16.4. The molecule has 4 heterocycles. The van der Waals surface area contributed by atoms with Crippen molar-refractivity contribution in [1.82, 2.24) is 29.8 Å². The Morgan fingerprint density at radius 2 is 2.03 bits per heavy atom. The molecule has 1 atom stereocenters. The number of aryl methyl sites for hydroxylation is 1. The average molecular weight is 500 g/mol. The number of ether oxygens (including phenoxy) is 2. The predicted octanol–water partition coefficient (Wildman–Crippen LogP) is 3.08. The van der Waals surface area contributed by atoms with Gasteiger partial charge in [0.2, 0.25) is 6.79 Å². The zero-order valence-electron chi connectivity index (χ0n) is 19.0. The third-order valence-corrected chi connectivity index (χ3v) is 7.21. The van der Waals surface area contributed by atoms with Gasteiger partial charge in [-0.25, -0.2) is 19.9 Å². The number of nitrogens with two attached hydrogens (primary N) is 1. The molecule has 0 radical (unpaired) electrons. The van der Waals surface area contributed by atoms with Crippen LogP contribution < -0.4 is 20.5 Å². The molecule has 0 bridgehead atoms. The van der Waals surface area contributed by atoms with Crippen LogP contribution in [0, 0.1) is 6.92 Å². The molecule has 0 spiro atoms. The van der Waals surface area contributed by atoms with E-state index in [-0.39, 0.29) is 12.8 Å². The van der Waals surface area contributed by atoms with E-state index < -0.39 is 6.10 Å². The predicted molar refractivity (Wildman–Crippen MR) is 131 cm³/mol. The second-order valence-electron chi connectivity index (χ2n) is 8.23. The Balaban J connectivity index is 1.57. The van der Waals surface area contributed by atoms with Gasteiger partial charge in [0.25, 0.3) is 0 Å². The molecule has 5 rings (SSSR count). The minimum absolute atomic E-state index is 0.180. The maximum absolute atomic E-state index is 10.7. The van der Waals surface area contributed by atoms with Crippen molar-refractivity contribution < 1.29 is 14.6 Å². The lowest BCUT2D eigenvalue weighted by atomic mass is 10.2. The normalized spacial score (nSPS) is 13.8.